The number of hydrogen-bond acceptors (Lipinski definition) is 4. The molecule has 0 spiro atoms. The Morgan fingerprint density at radius 1 is 1.57 bits per heavy atom. The highest BCUT2D eigenvalue weighted by molar-refractivity contribution is 6.29. The minimum absolute atomic E-state index is 0.0645. The summed E-state index contributed by atoms with van der Waals surface area (Å²) >= 11 is 5.66. The zero-order chi connectivity index (χ0) is 10.8. The van der Waals surface area contributed by atoms with Gasteiger partial charge in [0.15, 0.2) is 0 Å². The molecule has 0 unspecified atom stereocenters. The molecule has 0 saturated heterocycles. The summed E-state index contributed by atoms with van der Waals surface area (Å²) in [5.41, 5.74) is 4.69. The van der Waals surface area contributed by atoms with Crippen molar-refractivity contribution in [1.29, 1.82) is 0 Å². The molecule has 0 bridgehead atoms. The van der Waals surface area contributed by atoms with Crippen LogP contribution in [0.25, 0.3) is 0 Å². The third-order valence-electron chi connectivity index (χ3n) is 1.51. The van der Waals surface area contributed by atoms with Gasteiger partial charge in [0.05, 0.1) is 5.54 Å². The number of halogens is 2. The van der Waals surface area contributed by atoms with Crippen molar-refractivity contribution in [2.45, 2.75) is 19.4 Å². The van der Waals surface area contributed by atoms with Crippen molar-refractivity contribution in [3.05, 3.63) is 11.2 Å². The molecule has 0 aliphatic heterocycles. The van der Waals surface area contributed by atoms with Crippen molar-refractivity contribution in [3.63, 3.8) is 0 Å². The molecule has 0 aromatic carbocycles. The Labute approximate surface area is 86.7 Å². The number of rotatable bonds is 3. The second kappa shape index (κ2) is 3.96. The first-order valence-corrected chi connectivity index (χ1v) is 4.45. The lowest BCUT2D eigenvalue weighted by atomic mass is 10.1. The lowest BCUT2D eigenvalue weighted by molar-refractivity contribution is 0.374. The molecule has 78 valence electrons. The van der Waals surface area contributed by atoms with Gasteiger partial charge in [0.25, 0.3) is 0 Å². The number of aromatic nitrogens is 2. The molecular weight excluding hydrogens is 207 g/mol. The minimum atomic E-state index is -0.690. The number of alkyl halides is 1. The normalized spacial score (nSPS) is 11.4. The number of nitrogens with two attached hydrogens (primary N) is 1. The highest BCUT2D eigenvalue weighted by Crippen LogP contribution is 2.17. The van der Waals surface area contributed by atoms with Crippen LogP contribution in [0, 0.1) is 0 Å². The van der Waals surface area contributed by atoms with Gasteiger partial charge in [-0.3, -0.25) is 0 Å². The summed E-state index contributed by atoms with van der Waals surface area (Å²) in [6.07, 6.45) is 0. The third-order valence-corrected chi connectivity index (χ3v) is 1.71. The highest BCUT2D eigenvalue weighted by Gasteiger charge is 2.17. The summed E-state index contributed by atoms with van der Waals surface area (Å²) in [4.78, 5) is 7.56. The van der Waals surface area contributed by atoms with Gasteiger partial charge in [0.1, 0.15) is 17.6 Å². The van der Waals surface area contributed by atoms with E-state index in [0.717, 1.165) is 0 Å². The number of hydrogen-bond donors (Lipinski definition) is 2. The lowest BCUT2D eigenvalue weighted by Gasteiger charge is -2.22. The van der Waals surface area contributed by atoms with Crippen LogP contribution in [0.1, 0.15) is 13.8 Å². The third kappa shape index (κ3) is 2.99. The van der Waals surface area contributed by atoms with E-state index in [0.29, 0.717) is 5.82 Å². The molecule has 0 fully saturated rings. The van der Waals surface area contributed by atoms with Crippen LogP contribution in [-0.2, 0) is 0 Å². The SMILES string of the molecule is CC(C)(CF)Nc1cc(Cl)nc(N)n1. The average Bonchev–Trinajstić information content (AvgIpc) is 2.01. The second-order valence-electron chi connectivity index (χ2n) is 3.58. The molecule has 1 rings (SSSR count). The Bertz CT molecular complexity index is 309. The zero-order valence-electron chi connectivity index (χ0n) is 8.01. The Morgan fingerprint density at radius 3 is 2.71 bits per heavy atom. The molecular formula is C8H12ClFN4. The molecule has 1 aromatic rings. The van der Waals surface area contributed by atoms with Crippen molar-refractivity contribution in [2.24, 2.45) is 0 Å². The smallest absolute Gasteiger partial charge is 0.223 e. The molecule has 0 saturated carbocycles. The van der Waals surface area contributed by atoms with Crippen molar-refractivity contribution in [2.75, 3.05) is 17.7 Å². The maximum Gasteiger partial charge on any atom is 0.223 e. The average molecular weight is 219 g/mol. The first kappa shape index (κ1) is 11.0. The summed E-state index contributed by atoms with van der Waals surface area (Å²) < 4.78 is 12.5. The van der Waals surface area contributed by atoms with E-state index in [1.165, 1.54) is 6.07 Å². The molecule has 0 aliphatic rings. The van der Waals surface area contributed by atoms with Gasteiger partial charge in [0.2, 0.25) is 5.95 Å². The number of anilines is 2. The number of nitrogens with one attached hydrogen (secondary N) is 1. The quantitative estimate of drug-likeness (QED) is 0.761. The van der Waals surface area contributed by atoms with E-state index in [1.807, 2.05) is 0 Å². The van der Waals surface area contributed by atoms with Crippen LogP contribution in [0.3, 0.4) is 0 Å². The first-order chi connectivity index (χ1) is 6.43. The fourth-order valence-electron chi connectivity index (χ4n) is 0.879. The van der Waals surface area contributed by atoms with E-state index in [-0.39, 0.29) is 11.1 Å². The molecule has 0 amide bonds. The van der Waals surface area contributed by atoms with E-state index < -0.39 is 12.2 Å². The Morgan fingerprint density at radius 2 is 2.21 bits per heavy atom. The van der Waals surface area contributed by atoms with Gasteiger partial charge in [-0.2, -0.15) is 4.98 Å². The predicted octanol–water partition coefficient (Wildman–Crippen LogP) is 1.87. The van der Waals surface area contributed by atoms with Gasteiger partial charge in [-0.1, -0.05) is 11.6 Å². The van der Waals surface area contributed by atoms with Crippen LogP contribution in [0.4, 0.5) is 16.2 Å². The molecule has 1 aromatic heterocycles. The van der Waals surface area contributed by atoms with Gasteiger partial charge in [0, 0.05) is 6.07 Å². The van der Waals surface area contributed by atoms with Gasteiger partial charge in [-0.25, -0.2) is 9.37 Å². The highest BCUT2D eigenvalue weighted by atomic mass is 35.5. The molecule has 0 radical (unpaired) electrons. The van der Waals surface area contributed by atoms with Crippen LogP contribution in [-0.4, -0.2) is 22.2 Å². The van der Waals surface area contributed by atoms with Crippen LogP contribution < -0.4 is 11.1 Å². The van der Waals surface area contributed by atoms with Gasteiger partial charge < -0.3 is 11.1 Å². The molecule has 0 aliphatic carbocycles. The van der Waals surface area contributed by atoms with Crippen LogP contribution in [0.15, 0.2) is 6.07 Å². The maximum atomic E-state index is 12.5. The molecule has 4 nitrogen and oxygen atoms in total. The van der Waals surface area contributed by atoms with Crippen molar-refractivity contribution in [3.8, 4) is 0 Å². The maximum absolute atomic E-state index is 12.5. The van der Waals surface area contributed by atoms with Gasteiger partial charge in [-0.15, -0.1) is 0 Å². The van der Waals surface area contributed by atoms with E-state index in [1.54, 1.807) is 13.8 Å². The van der Waals surface area contributed by atoms with Gasteiger partial charge >= 0.3 is 0 Å². The standard InChI is InChI=1S/C8H12ClFN4/c1-8(2,4-10)14-6-3-5(9)12-7(11)13-6/h3H,4H2,1-2H3,(H3,11,12,13,14). The molecule has 1 heterocycles. The van der Waals surface area contributed by atoms with Gasteiger partial charge in [-0.05, 0) is 13.8 Å². The van der Waals surface area contributed by atoms with Crippen molar-refractivity contribution in [1.82, 2.24) is 9.97 Å². The fourth-order valence-corrected chi connectivity index (χ4v) is 1.07. The second-order valence-corrected chi connectivity index (χ2v) is 3.96. The zero-order valence-corrected chi connectivity index (χ0v) is 8.77. The van der Waals surface area contributed by atoms with Crippen LogP contribution in [0.5, 0.6) is 0 Å². The van der Waals surface area contributed by atoms with Crippen LogP contribution in [0.2, 0.25) is 5.15 Å². The van der Waals surface area contributed by atoms with E-state index in [2.05, 4.69) is 15.3 Å². The Balaban J connectivity index is 2.87. The van der Waals surface area contributed by atoms with E-state index in [9.17, 15) is 4.39 Å². The van der Waals surface area contributed by atoms with Crippen molar-refractivity contribution >= 4 is 23.4 Å². The lowest BCUT2D eigenvalue weighted by Crippen LogP contribution is -2.33. The summed E-state index contributed by atoms with van der Waals surface area (Å²) in [7, 11) is 0. The predicted molar refractivity (Wildman–Crippen MR) is 55.1 cm³/mol. The molecule has 14 heavy (non-hydrogen) atoms. The number of nitrogen functional groups attached to an aromatic ring is 1. The molecule has 3 N–H and O–H groups in total. The summed E-state index contributed by atoms with van der Waals surface area (Å²) in [5, 5.41) is 3.09. The van der Waals surface area contributed by atoms with E-state index >= 15 is 0 Å². The minimum Gasteiger partial charge on any atom is -0.368 e. The number of nitrogens with zero attached hydrogens (tertiary/aromatic N) is 2. The monoisotopic (exact) mass is 218 g/mol. The Kier molecular flexibility index (Phi) is 3.10. The summed E-state index contributed by atoms with van der Waals surface area (Å²) in [6.45, 7) is 2.90. The first-order valence-electron chi connectivity index (χ1n) is 4.07. The fraction of sp³-hybridized carbons (Fsp3) is 0.500. The topological polar surface area (TPSA) is 63.8 Å². The van der Waals surface area contributed by atoms with Crippen LogP contribution >= 0.6 is 11.6 Å². The largest absolute Gasteiger partial charge is 0.368 e. The summed E-state index contributed by atoms with van der Waals surface area (Å²) in [6, 6.07) is 1.50. The summed E-state index contributed by atoms with van der Waals surface area (Å²) in [5.74, 6) is 0.486. The van der Waals surface area contributed by atoms with E-state index in [4.69, 9.17) is 17.3 Å². The Hall–Kier alpha value is -1.10. The molecule has 0 atom stereocenters. The van der Waals surface area contributed by atoms with Crippen molar-refractivity contribution < 1.29 is 4.39 Å². The molecule has 6 heteroatoms.